The Labute approximate surface area is 158 Å². The Morgan fingerprint density at radius 2 is 1.89 bits per heavy atom. The minimum Gasteiger partial charge on any atom is -0.482 e. The first-order valence-electron chi connectivity index (χ1n) is 9.12. The predicted molar refractivity (Wildman–Crippen MR) is 99.4 cm³/mol. The summed E-state index contributed by atoms with van der Waals surface area (Å²) < 4.78 is 27.1. The van der Waals surface area contributed by atoms with Gasteiger partial charge in [0.25, 0.3) is 0 Å². The summed E-state index contributed by atoms with van der Waals surface area (Å²) in [7, 11) is 0. The van der Waals surface area contributed by atoms with Crippen molar-refractivity contribution in [3.63, 3.8) is 0 Å². The summed E-state index contributed by atoms with van der Waals surface area (Å²) in [5, 5.41) is 0. The molecule has 0 fully saturated rings. The van der Waals surface area contributed by atoms with E-state index in [1.807, 2.05) is 31.2 Å². The maximum atomic E-state index is 12.1. The third-order valence-electron chi connectivity index (χ3n) is 4.32. The van der Waals surface area contributed by atoms with Crippen molar-refractivity contribution in [1.82, 2.24) is 0 Å². The minimum atomic E-state index is -0.829. The van der Waals surface area contributed by atoms with Crippen LogP contribution in [0.5, 0.6) is 23.0 Å². The molecular weight excluding hydrogens is 348 g/mol. The molecule has 1 heterocycles. The maximum absolute atomic E-state index is 12.1. The average Bonchev–Trinajstić information content (AvgIpc) is 3.10. The molecule has 0 saturated heterocycles. The van der Waals surface area contributed by atoms with Crippen molar-refractivity contribution in [1.29, 1.82) is 0 Å². The number of esters is 1. The molecule has 0 aliphatic carbocycles. The molecule has 6 nitrogen and oxygen atoms in total. The Morgan fingerprint density at radius 3 is 2.59 bits per heavy atom. The number of rotatable bonds is 8. The van der Waals surface area contributed by atoms with Crippen LogP contribution >= 0.6 is 0 Å². The number of para-hydroxylation sites is 1. The van der Waals surface area contributed by atoms with E-state index in [0.717, 1.165) is 6.42 Å². The number of carbonyl (C=O) groups excluding carboxylic acids is 1. The molecule has 2 atom stereocenters. The zero-order valence-electron chi connectivity index (χ0n) is 15.8. The van der Waals surface area contributed by atoms with Crippen LogP contribution in [-0.4, -0.2) is 25.7 Å². The van der Waals surface area contributed by atoms with Crippen LogP contribution < -0.4 is 18.9 Å². The van der Waals surface area contributed by atoms with Gasteiger partial charge in [-0.3, -0.25) is 0 Å². The van der Waals surface area contributed by atoms with Gasteiger partial charge >= 0.3 is 12.4 Å². The van der Waals surface area contributed by atoms with Crippen molar-refractivity contribution in [3.8, 4) is 23.0 Å². The van der Waals surface area contributed by atoms with Gasteiger partial charge in [-0.2, -0.15) is 0 Å². The summed E-state index contributed by atoms with van der Waals surface area (Å²) in [4.78, 5) is 12.1. The molecule has 144 valence electrons. The highest BCUT2D eigenvalue weighted by Gasteiger charge is 2.28. The second-order valence-electron chi connectivity index (χ2n) is 6.20. The van der Waals surface area contributed by atoms with Crippen molar-refractivity contribution in [2.24, 2.45) is 0 Å². The Hall–Kier alpha value is -2.73. The lowest BCUT2D eigenvalue weighted by atomic mass is 9.99. The van der Waals surface area contributed by atoms with Crippen LogP contribution in [0.4, 0.5) is 0 Å². The molecule has 0 radical (unpaired) electrons. The number of benzene rings is 2. The van der Waals surface area contributed by atoms with Gasteiger partial charge in [0, 0.05) is 0 Å². The molecule has 3 rings (SSSR count). The molecule has 2 unspecified atom stereocenters. The molecule has 0 saturated carbocycles. The fourth-order valence-corrected chi connectivity index (χ4v) is 2.64. The van der Waals surface area contributed by atoms with E-state index in [1.54, 1.807) is 18.2 Å². The number of carbonyl (C=O) groups is 1. The quantitative estimate of drug-likeness (QED) is 0.509. The van der Waals surface area contributed by atoms with E-state index in [2.05, 4.69) is 13.8 Å². The van der Waals surface area contributed by atoms with E-state index in [9.17, 15) is 4.79 Å². The summed E-state index contributed by atoms with van der Waals surface area (Å²) in [5.74, 6) is 1.68. The third-order valence-corrected chi connectivity index (χ3v) is 4.32. The van der Waals surface area contributed by atoms with Gasteiger partial charge in [0.05, 0.1) is 6.61 Å². The first-order valence-corrected chi connectivity index (χ1v) is 9.12. The van der Waals surface area contributed by atoms with Crippen LogP contribution in [0.1, 0.15) is 38.7 Å². The molecule has 0 N–H and O–H groups in total. The van der Waals surface area contributed by atoms with Gasteiger partial charge in [0.2, 0.25) is 5.75 Å². The summed E-state index contributed by atoms with van der Waals surface area (Å²) in [5.41, 5.74) is 1.24. The summed E-state index contributed by atoms with van der Waals surface area (Å²) in [6.45, 7) is 5.57. The van der Waals surface area contributed by atoms with Gasteiger partial charge in [-0.1, -0.05) is 32.0 Å². The van der Waals surface area contributed by atoms with Gasteiger partial charge in [0.15, 0.2) is 18.1 Å². The second kappa shape index (κ2) is 8.77. The Morgan fingerprint density at radius 1 is 1.11 bits per heavy atom. The molecule has 27 heavy (non-hydrogen) atoms. The highest BCUT2D eigenvalue weighted by molar-refractivity contribution is 5.75. The highest BCUT2D eigenvalue weighted by Crippen LogP contribution is 2.42. The van der Waals surface area contributed by atoms with Crippen LogP contribution in [0, 0.1) is 0 Å². The van der Waals surface area contributed by atoms with Crippen molar-refractivity contribution >= 4 is 5.97 Å². The summed E-state index contributed by atoms with van der Waals surface area (Å²) in [6.07, 6.45) is 1.07. The Balaban J connectivity index is 1.56. The smallest absolute Gasteiger partial charge is 0.361 e. The zero-order valence-corrected chi connectivity index (χ0v) is 15.8. The lowest BCUT2D eigenvalue weighted by Gasteiger charge is -2.11. The molecular formula is C21H24O6. The lowest BCUT2D eigenvalue weighted by molar-refractivity contribution is -0.174. The van der Waals surface area contributed by atoms with Gasteiger partial charge < -0.3 is 23.7 Å². The Kier molecular flexibility index (Phi) is 6.19. The van der Waals surface area contributed by atoms with Crippen LogP contribution in [0.3, 0.4) is 0 Å². The number of ether oxygens (including phenoxy) is 5. The average molecular weight is 372 g/mol. The fraction of sp³-hybridized carbons (Fsp3) is 0.381. The standard InChI is InChI=1S/C21H24O6/c1-4-14(3)15-9-11-16(12-10-15)24-13-19(22)25-17-7-6-8-18-20(17)27-21(26-18)23-5-2/h6-12,14,21H,4-5,13H2,1-3H3. The van der Waals surface area contributed by atoms with Crippen LogP contribution in [0.2, 0.25) is 0 Å². The van der Waals surface area contributed by atoms with Crippen molar-refractivity contribution in [2.75, 3.05) is 13.2 Å². The van der Waals surface area contributed by atoms with Crippen molar-refractivity contribution in [2.45, 2.75) is 39.6 Å². The highest BCUT2D eigenvalue weighted by atomic mass is 16.9. The molecule has 2 aromatic carbocycles. The zero-order chi connectivity index (χ0) is 19.2. The summed E-state index contributed by atoms with van der Waals surface area (Å²) in [6, 6.07) is 12.8. The second-order valence-corrected chi connectivity index (χ2v) is 6.20. The van der Waals surface area contributed by atoms with Crippen molar-refractivity contribution in [3.05, 3.63) is 48.0 Å². The first-order chi connectivity index (χ1) is 13.1. The normalized spacial score (nSPS) is 16.0. The molecule has 6 heteroatoms. The largest absolute Gasteiger partial charge is 0.482 e. The topological polar surface area (TPSA) is 63.2 Å². The Bertz CT molecular complexity index is 771. The van der Waals surface area contributed by atoms with Crippen LogP contribution in [0.25, 0.3) is 0 Å². The van der Waals surface area contributed by atoms with E-state index in [0.29, 0.717) is 29.8 Å². The monoisotopic (exact) mass is 372 g/mol. The molecule has 0 spiro atoms. The van der Waals surface area contributed by atoms with E-state index in [4.69, 9.17) is 23.7 Å². The molecule has 1 aliphatic rings. The summed E-state index contributed by atoms with van der Waals surface area (Å²) >= 11 is 0. The number of hydrogen-bond acceptors (Lipinski definition) is 6. The minimum absolute atomic E-state index is 0.206. The van der Waals surface area contributed by atoms with Gasteiger partial charge in [-0.05, 0) is 49.1 Å². The molecule has 0 amide bonds. The molecule has 0 bridgehead atoms. The van der Waals surface area contributed by atoms with E-state index >= 15 is 0 Å². The van der Waals surface area contributed by atoms with E-state index in [-0.39, 0.29) is 12.4 Å². The first kappa shape index (κ1) is 19.0. The van der Waals surface area contributed by atoms with Gasteiger partial charge in [0.1, 0.15) is 5.75 Å². The predicted octanol–water partition coefficient (Wildman–Crippen LogP) is 4.28. The van der Waals surface area contributed by atoms with Gasteiger partial charge in [-0.15, -0.1) is 0 Å². The molecule has 2 aromatic rings. The SMILES string of the molecule is CCOC1Oc2cccc(OC(=O)COc3ccc(C(C)CC)cc3)c2O1. The lowest BCUT2D eigenvalue weighted by Crippen LogP contribution is -2.22. The molecule has 1 aliphatic heterocycles. The van der Waals surface area contributed by atoms with Crippen LogP contribution in [0.15, 0.2) is 42.5 Å². The third kappa shape index (κ3) is 4.71. The molecule has 0 aromatic heterocycles. The van der Waals surface area contributed by atoms with Gasteiger partial charge in [-0.25, -0.2) is 4.79 Å². The fourth-order valence-electron chi connectivity index (χ4n) is 2.64. The van der Waals surface area contributed by atoms with Crippen LogP contribution in [-0.2, 0) is 9.53 Å². The van der Waals surface area contributed by atoms with E-state index in [1.165, 1.54) is 5.56 Å². The van der Waals surface area contributed by atoms with E-state index < -0.39 is 12.4 Å². The number of fused-ring (bicyclic) bond motifs is 1. The maximum Gasteiger partial charge on any atom is 0.361 e. The number of hydrogen-bond donors (Lipinski definition) is 0. The van der Waals surface area contributed by atoms with Crippen molar-refractivity contribution < 1.29 is 28.5 Å².